The van der Waals surface area contributed by atoms with E-state index in [9.17, 15) is 4.79 Å². The average Bonchev–Trinajstić information content (AvgIpc) is 2.95. The molecule has 1 aliphatic carbocycles. The lowest BCUT2D eigenvalue weighted by Crippen LogP contribution is -2.46. The lowest BCUT2D eigenvalue weighted by atomic mass is 9.88. The molecule has 2 heterocycles. The van der Waals surface area contributed by atoms with E-state index in [1.165, 1.54) is 16.9 Å². The molecule has 3 nitrogen and oxygen atoms in total. The van der Waals surface area contributed by atoms with E-state index in [-0.39, 0.29) is 12.4 Å². The molecule has 1 atom stereocenters. The number of fused-ring (bicyclic) bond motifs is 1. The van der Waals surface area contributed by atoms with E-state index in [1.807, 2.05) is 0 Å². The number of carbonyl (C=O) groups is 1. The Morgan fingerprint density at radius 2 is 2.09 bits per heavy atom. The van der Waals surface area contributed by atoms with Gasteiger partial charge in [-0.3, -0.25) is 4.79 Å². The van der Waals surface area contributed by atoms with Crippen LogP contribution >= 0.6 is 23.7 Å². The Bertz CT molecular complexity index is 525. The maximum absolute atomic E-state index is 13.2. The molecule has 3 rings (SSSR count). The SMILES string of the molecule is CCCN(C(=O)c1csc2c1CCC(C)C2)C1CCNCC1.Cl. The number of hydrogen-bond donors (Lipinski definition) is 1. The van der Waals surface area contributed by atoms with Crippen molar-refractivity contribution in [3.63, 3.8) is 0 Å². The number of thiophene rings is 1. The van der Waals surface area contributed by atoms with Gasteiger partial charge in [-0.25, -0.2) is 0 Å². The summed E-state index contributed by atoms with van der Waals surface area (Å²) in [4.78, 5) is 16.8. The monoisotopic (exact) mass is 356 g/mol. The van der Waals surface area contributed by atoms with Crippen molar-refractivity contribution in [3.05, 3.63) is 21.4 Å². The average molecular weight is 357 g/mol. The van der Waals surface area contributed by atoms with E-state index >= 15 is 0 Å². The smallest absolute Gasteiger partial charge is 0.255 e. The largest absolute Gasteiger partial charge is 0.336 e. The van der Waals surface area contributed by atoms with Crippen LogP contribution in [0.4, 0.5) is 0 Å². The summed E-state index contributed by atoms with van der Waals surface area (Å²) in [5.41, 5.74) is 2.38. The lowest BCUT2D eigenvalue weighted by molar-refractivity contribution is 0.0641. The molecule has 0 bridgehead atoms. The second kappa shape index (κ2) is 8.50. The molecule has 1 aromatic heterocycles. The predicted molar refractivity (Wildman–Crippen MR) is 100.0 cm³/mol. The number of hydrogen-bond acceptors (Lipinski definition) is 3. The Morgan fingerprint density at radius 3 is 2.78 bits per heavy atom. The number of amides is 1. The van der Waals surface area contributed by atoms with Gasteiger partial charge in [0, 0.05) is 22.8 Å². The topological polar surface area (TPSA) is 32.3 Å². The van der Waals surface area contributed by atoms with Gasteiger partial charge in [0.1, 0.15) is 0 Å². The molecule has 5 heteroatoms. The molecule has 0 spiro atoms. The van der Waals surface area contributed by atoms with Gasteiger partial charge in [-0.05, 0) is 63.1 Å². The zero-order valence-corrected chi connectivity index (χ0v) is 15.9. The van der Waals surface area contributed by atoms with Crippen molar-refractivity contribution in [1.82, 2.24) is 10.2 Å². The number of nitrogens with one attached hydrogen (secondary N) is 1. The summed E-state index contributed by atoms with van der Waals surface area (Å²) >= 11 is 1.81. The minimum atomic E-state index is 0. The van der Waals surface area contributed by atoms with Crippen LogP contribution in [0.5, 0.6) is 0 Å². The molecule has 1 saturated heterocycles. The van der Waals surface area contributed by atoms with Crippen molar-refractivity contribution in [2.24, 2.45) is 5.92 Å². The highest BCUT2D eigenvalue weighted by Gasteiger charge is 2.29. The molecule has 23 heavy (non-hydrogen) atoms. The number of rotatable bonds is 4. The Morgan fingerprint density at radius 1 is 1.35 bits per heavy atom. The van der Waals surface area contributed by atoms with E-state index in [2.05, 4.69) is 29.4 Å². The summed E-state index contributed by atoms with van der Waals surface area (Å²) in [5.74, 6) is 1.06. The van der Waals surface area contributed by atoms with Crippen molar-refractivity contribution in [3.8, 4) is 0 Å². The Hall–Kier alpha value is -0.580. The number of halogens is 1. The summed E-state index contributed by atoms with van der Waals surface area (Å²) in [5, 5.41) is 5.54. The van der Waals surface area contributed by atoms with E-state index < -0.39 is 0 Å². The molecule has 0 saturated carbocycles. The summed E-state index contributed by atoms with van der Waals surface area (Å²) in [6.45, 7) is 7.47. The van der Waals surface area contributed by atoms with E-state index in [0.29, 0.717) is 11.9 Å². The molecule has 0 radical (unpaired) electrons. The van der Waals surface area contributed by atoms with Gasteiger partial charge >= 0.3 is 0 Å². The highest BCUT2D eigenvalue weighted by Crippen LogP contribution is 2.34. The Kier molecular flexibility index (Phi) is 6.93. The van der Waals surface area contributed by atoms with E-state index in [4.69, 9.17) is 0 Å². The Balaban J connectivity index is 0.00000192. The normalized spacial score (nSPS) is 21.4. The molecule has 0 aromatic carbocycles. The minimum absolute atomic E-state index is 0. The second-order valence-corrected chi connectivity index (χ2v) is 7.84. The number of piperidine rings is 1. The summed E-state index contributed by atoms with van der Waals surface area (Å²) < 4.78 is 0. The minimum Gasteiger partial charge on any atom is -0.336 e. The number of carbonyl (C=O) groups excluding carboxylic acids is 1. The van der Waals surface area contributed by atoms with E-state index in [0.717, 1.165) is 63.2 Å². The zero-order chi connectivity index (χ0) is 15.5. The number of nitrogens with zero attached hydrogens (tertiary/aromatic N) is 1. The lowest BCUT2D eigenvalue weighted by Gasteiger charge is -2.35. The zero-order valence-electron chi connectivity index (χ0n) is 14.3. The van der Waals surface area contributed by atoms with Gasteiger partial charge in [0.25, 0.3) is 5.91 Å². The molecule has 1 fully saturated rings. The van der Waals surface area contributed by atoms with Crippen LogP contribution in [-0.4, -0.2) is 36.5 Å². The van der Waals surface area contributed by atoms with Gasteiger partial charge in [0.2, 0.25) is 0 Å². The summed E-state index contributed by atoms with van der Waals surface area (Å²) in [7, 11) is 0. The molecule has 1 aromatic rings. The van der Waals surface area contributed by atoms with Crippen LogP contribution in [0.15, 0.2) is 5.38 Å². The van der Waals surface area contributed by atoms with Crippen molar-refractivity contribution < 1.29 is 4.79 Å². The van der Waals surface area contributed by atoms with Gasteiger partial charge in [-0.1, -0.05) is 13.8 Å². The van der Waals surface area contributed by atoms with Crippen molar-refractivity contribution in [1.29, 1.82) is 0 Å². The van der Waals surface area contributed by atoms with Crippen molar-refractivity contribution in [2.45, 2.75) is 58.4 Å². The highest BCUT2D eigenvalue weighted by atomic mass is 35.5. The van der Waals surface area contributed by atoms with Crippen molar-refractivity contribution >= 4 is 29.7 Å². The van der Waals surface area contributed by atoms with Gasteiger partial charge in [-0.2, -0.15) is 0 Å². The molecule has 1 amide bonds. The molecule has 1 aliphatic heterocycles. The maximum atomic E-state index is 13.2. The van der Waals surface area contributed by atoms with Gasteiger partial charge in [-0.15, -0.1) is 23.7 Å². The first kappa shape index (κ1) is 18.8. The fourth-order valence-corrected chi connectivity index (χ4v) is 5.06. The standard InChI is InChI=1S/C18H28N2OS.ClH/c1-3-10-20(14-6-8-19-9-7-14)18(21)16-12-22-17-11-13(2)4-5-15(16)17;/h12-14,19H,3-11H2,1-2H3;1H. The Labute approximate surface area is 150 Å². The van der Waals surface area contributed by atoms with Crippen LogP contribution in [-0.2, 0) is 12.8 Å². The van der Waals surface area contributed by atoms with Crippen LogP contribution < -0.4 is 5.32 Å². The summed E-state index contributed by atoms with van der Waals surface area (Å²) in [6, 6.07) is 0.423. The predicted octanol–water partition coefficient (Wildman–Crippen LogP) is 3.90. The molecular weight excluding hydrogens is 328 g/mol. The van der Waals surface area contributed by atoms with Gasteiger partial charge in [0.05, 0.1) is 5.56 Å². The molecule has 2 aliphatic rings. The maximum Gasteiger partial charge on any atom is 0.255 e. The first-order valence-corrected chi connectivity index (χ1v) is 9.69. The summed E-state index contributed by atoms with van der Waals surface area (Å²) in [6.07, 6.45) is 6.70. The second-order valence-electron chi connectivity index (χ2n) is 6.88. The first-order valence-electron chi connectivity index (χ1n) is 8.81. The third kappa shape index (κ3) is 4.09. The van der Waals surface area contributed by atoms with Crippen LogP contribution in [0.25, 0.3) is 0 Å². The third-order valence-electron chi connectivity index (χ3n) is 5.11. The molecular formula is C18H29ClN2OS. The van der Waals surface area contributed by atoms with Crippen LogP contribution in [0.1, 0.15) is 60.3 Å². The third-order valence-corrected chi connectivity index (χ3v) is 6.16. The van der Waals surface area contributed by atoms with Crippen LogP contribution in [0.3, 0.4) is 0 Å². The van der Waals surface area contributed by atoms with Crippen LogP contribution in [0.2, 0.25) is 0 Å². The fraction of sp³-hybridized carbons (Fsp3) is 0.722. The molecule has 1 N–H and O–H groups in total. The van der Waals surface area contributed by atoms with Gasteiger partial charge < -0.3 is 10.2 Å². The first-order chi connectivity index (χ1) is 10.7. The highest BCUT2D eigenvalue weighted by molar-refractivity contribution is 7.10. The van der Waals surface area contributed by atoms with E-state index in [1.54, 1.807) is 11.3 Å². The van der Waals surface area contributed by atoms with Crippen molar-refractivity contribution in [2.75, 3.05) is 19.6 Å². The van der Waals surface area contributed by atoms with Crippen LogP contribution in [0, 0.1) is 5.92 Å². The quantitative estimate of drug-likeness (QED) is 0.887. The molecule has 130 valence electrons. The fourth-order valence-electron chi connectivity index (χ4n) is 3.82. The molecule has 1 unspecified atom stereocenters. The van der Waals surface area contributed by atoms with Gasteiger partial charge in [0.15, 0.2) is 0 Å².